The second-order valence-corrected chi connectivity index (χ2v) is 19.9. The van der Waals surface area contributed by atoms with Gasteiger partial charge in [-0.1, -0.05) is 237 Å². The fraction of sp³-hybridized carbons (Fsp3) is 0.852. The first kappa shape index (κ1) is 64.6. The Morgan fingerprint density at radius 1 is 0.284 bits per heavy atom. The van der Waals surface area contributed by atoms with Crippen molar-refractivity contribution >= 4 is 17.9 Å². The topological polar surface area (TPSA) is 78.9 Å². The summed E-state index contributed by atoms with van der Waals surface area (Å²) >= 11 is 0. The number of ether oxygens (including phenoxy) is 3. The van der Waals surface area contributed by atoms with Crippen molar-refractivity contribution in [1.29, 1.82) is 0 Å². The van der Waals surface area contributed by atoms with E-state index in [4.69, 9.17) is 14.2 Å². The third-order valence-electron chi connectivity index (χ3n) is 13.1. The smallest absolute Gasteiger partial charge is 0.306 e. The van der Waals surface area contributed by atoms with Crippen molar-refractivity contribution in [3.63, 3.8) is 0 Å². The lowest BCUT2D eigenvalue weighted by Gasteiger charge is -2.18. The molecule has 0 aliphatic heterocycles. The Kier molecular flexibility index (Phi) is 54.2. The van der Waals surface area contributed by atoms with Gasteiger partial charge in [-0.2, -0.15) is 0 Å². The van der Waals surface area contributed by atoms with E-state index >= 15 is 0 Å². The zero-order chi connectivity index (χ0) is 48.6. The van der Waals surface area contributed by atoms with Gasteiger partial charge in [0.25, 0.3) is 0 Å². The van der Waals surface area contributed by atoms with Crippen LogP contribution in [-0.2, 0) is 28.6 Å². The first-order valence-corrected chi connectivity index (χ1v) is 29.5. The number of allylic oxidation sites excluding steroid dienone is 6. The molecule has 0 fully saturated rings. The Bertz CT molecular complexity index is 1130. The highest BCUT2D eigenvalue weighted by atomic mass is 16.6. The first-order chi connectivity index (χ1) is 33.0. The summed E-state index contributed by atoms with van der Waals surface area (Å²) in [5, 5.41) is 0. The van der Waals surface area contributed by atoms with Gasteiger partial charge in [-0.3, -0.25) is 14.4 Å². The van der Waals surface area contributed by atoms with E-state index in [1.165, 1.54) is 199 Å². The molecule has 0 aromatic heterocycles. The zero-order valence-corrected chi connectivity index (χ0v) is 44.9. The molecule has 0 heterocycles. The SMILES string of the molecule is CCCCCCCCC/C=C\CCCCCCCC(=O)OC(COC(=O)CCCCC/C=C\CCCCCCCCC)COC(=O)CCCCCCCCC/C=C\CCCCCCCCCC. The number of unbranched alkanes of at least 4 members (excludes halogenated alkanes) is 37. The second-order valence-electron chi connectivity index (χ2n) is 19.9. The van der Waals surface area contributed by atoms with Crippen LogP contribution < -0.4 is 0 Å². The molecule has 6 nitrogen and oxygen atoms in total. The number of carbonyl (C=O) groups excluding carboxylic acids is 3. The van der Waals surface area contributed by atoms with Gasteiger partial charge in [-0.15, -0.1) is 0 Å². The first-order valence-electron chi connectivity index (χ1n) is 29.5. The van der Waals surface area contributed by atoms with Gasteiger partial charge in [0, 0.05) is 19.3 Å². The highest BCUT2D eigenvalue weighted by Crippen LogP contribution is 2.16. The van der Waals surface area contributed by atoms with Gasteiger partial charge >= 0.3 is 17.9 Å². The van der Waals surface area contributed by atoms with Crippen molar-refractivity contribution in [3.8, 4) is 0 Å². The van der Waals surface area contributed by atoms with Crippen LogP contribution in [0.25, 0.3) is 0 Å². The van der Waals surface area contributed by atoms with E-state index in [2.05, 4.69) is 57.2 Å². The Hall–Kier alpha value is -2.37. The van der Waals surface area contributed by atoms with Crippen molar-refractivity contribution in [3.05, 3.63) is 36.5 Å². The van der Waals surface area contributed by atoms with Crippen LogP contribution in [0.2, 0.25) is 0 Å². The third kappa shape index (κ3) is 54.4. The third-order valence-corrected chi connectivity index (χ3v) is 13.1. The van der Waals surface area contributed by atoms with Gasteiger partial charge in [0.05, 0.1) is 0 Å². The molecule has 0 rings (SSSR count). The molecule has 0 saturated carbocycles. The van der Waals surface area contributed by atoms with E-state index < -0.39 is 6.10 Å². The molecule has 0 N–H and O–H groups in total. The van der Waals surface area contributed by atoms with Crippen LogP contribution >= 0.6 is 0 Å². The van der Waals surface area contributed by atoms with Gasteiger partial charge in [0.15, 0.2) is 6.10 Å². The predicted octanol–water partition coefficient (Wildman–Crippen LogP) is 19.7. The van der Waals surface area contributed by atoms with Crippen molar-refractivity contribution in [2.24, 2.45) is 0 Å². The lowest BCUT2D eigenvalue weighted by Crippen LogP contribution is -2.30. The van der Waals surface area contributed by atoms with Crippen molar-refractivity contribution in [2.75, 3.05) is 13.2 Å². The van der Waals surface area contributed by atoms with Gasteiger partial charge in [-0.05, 0) is 96.3 Å². The summed E-state index contributed by atoms with van der Waals surface area (Å²) in [4.78, 5) is 38.1. The maximum Gasteiger partial charge on any atom is 0.306 e. The monoisotopic (exact) mass is 941 g/mol. The zero-order valence-electron chi connectivity index (χ0n) is 44.9. The summed E-state index contributed by atoms with van der Waals surface area (Å²) in [6, 6.07) is 0. The fourth-order valence-corrected chi connectivity index (χ4v) is 8.60. The van der Waals surface area contributed by atoms with E-state index in [0.29, 0.717) is 19.3 Å². The lowest BCUT2D eigenvalue weighted by atomic mass is 10.1. The molecule has 392 valence electrons. The van der Waals surface area contributed by atoms with Crippen LogP contribution in [0.15, 0.2) is 36.5 Å². The molecule has 0 bridgehead atoms. The van der Waals surface area contributed by atoms with Crippen LogP contribution in [0.1, 0.15) is 316 Å². The molecule has 1 atom stereocenters. The van der Waals surface area contributed by atoms with Crippen LogP contribution in [0.4, 0.5) is 0 Å². The van der Waals surface area contributed by atoms with Gasteiger partial charge < -0.3 is 14.2 Å². The standard InChI is InChI=1S/C61H112O6/c1-4-7-10-13-16-19-22-25-28-30-31-32-34-36-39-42-45-48-51-54-60(63)66-57-58(56-65-59(62)53-50-47-44-41-38-35-27-24-21-18-15-12-9-6-3)67-61(64)55-52-49-46-43-40-37-33-29-26-23-20-17-14-11-8-5-2/h29-31,33,35,38,58H,4-28,32,34,36-37,39-57H2,1-3H3/b31-30-,33-29-,38-35-. The number of rotatable bonds is 54. The maximum absolute atomic E-state index is 12.8. The molecule has 6 heteroatoms. The summed E-state index contributed by atoms with van der Waals surface area (Å²) in [7, 11) is 0. The van der Waals surface area contributed by atoms with Crippen molar-refractivity contribution < 1.29 is 28.6 Å². The highest BCUT2D eigenvalue weighted by molar-refractivity contribution is 5.71. The Morgan fingerprint density at radius 3 is 0.761 bits per heavy atom. The normalized spacial score (nSPS) is 12.2. The van der Waals surface area contributed by atoms with E-state index in [0.717, 1.165) is 77.0 Å². The van der Waals surface area contributed by atoms with Gasteiger partial charge in [-0.25, -0.2) is 0 Å². The molecule has 0 aromatic rings. The van der Waals surface area contributed by atoms with Crippen LogP contribution in [0.3, 0.4) is 0 Å². The van der Waals surface area contributed by atoms with E-state index in [1.807, 2.05) is 0 Å². The van der Waals surface area contributed by atoms with Crippen LogP contribution in [0, 0.1) is 0 Å². The Morgan fingerprint density at radius 2 is 0.493 bits per heavy atom. The second kappa shape index (κ2) is 56.2. The molecule has 0 aliphatic carbocycles. The number of carbonyl (C=O) groups is 3. The largest absolute Gasteiger partial charge is 0.462 e. The molecule has 67 heavy (non-hydrogen) atoms. The quantitative estimate of drug-likeness (QED) is 0.0262. The van der Waals surface area contributed by atoms with Gasteiger partial charge in [0.2, 0.25) is 0 Å². The molecule has 0 aliphatic rings. The summed E-state index contributed by atoms with van der Waals surface area (Å²) in [6.07, 6.45) is 67.1. The minimum atomic E-state index is -0.783. The molecule has 1 unspecified atom stereocenters. The Labute approximate surface area is 416 Å². The average molecular weight is 942 g/mol. The van der Waals surface area contributed by atoms with E-state index in [-0.39, 0.29) is 31.1 Å². The minimum absolute atomic E-state index is 0.0803. The minimum Gasteiger partial charge on any atom is -0.462 e. The highest BCUT2D eigenvalue weighted by Gasteiger charge is 2.19. The fourth-order valence-electron chi connectivity index (χ4n) is 8.60. The van der Waals surface area contributed by atoms with Crippen LogP contribution in [0.5, 0.6) is 0 Å². The summed E-state index contributed by atoms with van der Waals surface area (Å²) < 4.78 is 16.9. The molecular weight excluding hydrogens is 829 g/mol. The average Bonchev–Trinajstić information content (AvgIpc) is 3.33. The van der Waals surface area contributed by atoms with Crippen molar-refractivity contribution in [2.45, 2.75) is 322 Å². The van der Waals surface area contributed by atoms with Crippen molar-refractivity contribution in [1.82, 2.24) is 0 Å². The molecular formula is C61H112O6. The lowest BCUT2D eigenvalue weighted by molar-refractivity contribution is -0.167. The van der Waals surface area contributed by atoms with Gasteiger partial charge in [0.1, 0.15) is 13.2 Å². The molecule has 0 radical (unpaired) electrons. The number of esters is 3. The van der Waals surface area contributed by atoms with E-state index in [9.17, 15) is 14.4 Å². The molecule has 0 spiro atoms. The molecule has 0 aromatic carbocycles. The Balaban J connectivity index is 4.36. The maximum atomic E-state index is 12.8. The number of hydrogen-bond acceptors (Lipinski definition) is 6. The van der Waals surface area contributed by atoms with E-state index in [1.54, 1.807) is 0 Å². The summed E-state index contributed by atoms with van der Waals surface area (Å²) in [5.74, 6) is -0.893. The molecule has 0 saturated heterocycles. The summed E-state index contributed by atoms with van der Waals surface area (Å²) in [5.41, 5.74) is 0. The number of hydrogen-bond donors (Lipinski definition) is 0. The summed E-state index contributed by atoms with van der Waals surface area (Å²) in [6.45, 7) is 6.65. The predicted molar refractivity (Wildman–Crippen MR) is 289 cm³/mol. The molecule has 0 amide bonds. The van der Waals surface area contributed by atoms with Crippen LogP contribution in [-0.4, -0.2) is 37.2 Å².